The molecule has 0 amide bonds. The molecule has 0 aliphatic rings. The summed E-state index contributed by atoms with van der Waals surface area (Å²) in [7, 11) is 3.28. The number of ether oxygens (including phenoxy) is 2. The van der Waals surface area contributed by atoms with Crippen LogP contribution in [-0.4, -0.2) is 37.7 Å². The van der Waals surface area contributed by atoms with Crippen molar-refractivity contribution in [1.82, 2.24) is 4.90 Å². The van der Waals surface area contributed by atoms with Gasteiger partial charge in [-0.05, 0) is 44.6 Å². The Morgan fingerprint density at radius 1 is 1.10 bits per heavy atom. The highest BCUT2D eigenvalue weighted by Crippen LogP contribution is 2.34. The van der Waals surface area contributed by atoms with Gasteiger partial charge in [-0.2, -0.15) is 0 Å². The van der Waals surface area contributed by atoms with E-state index in [1.807, 2.05) is 18.2 Å². The molecular formula is C16H28N2O2. The summed E-state index contributed by atoms with van der Waals surface area (Å²) in [6.45, 7) is 10.6. The number of likely N-dealkylation sites (N-methyl/N-ethyl adjacent to an activating group) is 1. The van der Waals surface area contributed by atoms with Crippen LogP contribution >= 0.6 is 0 Å². The summed E-state index contributed by atoms with van der Waals surface area (Å²) in [6.07, 6.45) is 0. The van der Waals surface area contributed by atoms with Crippen LogP contribution < -0.4 is 15.2 Å². The van der Waals surface area contributed by atoms with E-state index in [0.29, 0.717) is 0 Å². The molecule has 0 radical (unpaired) electrons. The van der Waals surface area contributed by atoms with E-state index in [0.717, 1.165) is 30.2 Å². The first kappa shape index (κ1) is 16.8. The normalized spacial score (nSPS) is 13.4. The van der Waals surface area contributed by atoms with Gasteiger partial charge in [0.25, 0.3) is 0 Å². The molecule has 0 aliphatic heterocycles. The van der Waals surface area contributed by atoms with Gasteiger partial charge in [-0.1, -0.05) is 19.9 Å². The van der Waals surface area contributed by atoms with Crippen molar-refractivity contribution in [2.24, 2.45) is 5.73 Å². The highest BCUT2D eigenvalue weighted by molar-refractivity contribution is 5.44. The molecule has 114 valence electrons. The predicted molar refractivity (Wildman–Crippen MR) is 83.5 cm³/mol. The largest absolute Gasteiger partial charge is 0.493 e. The summed E-state index contributed by atoms with van der Waals surface area (Å²) in [6, 6.07) is 5.79. The van der Waals surface area contributed by atoms with Crippen LogP contribution in [-0.2, 0) is 0 Å². The Balaban J connectivity index is 3.10. The van der Waals surface area contributed by atoms with E-state index in [1.165, 1.54) is 0 Å². The van der Waals surface area contributed by atoms with Gasteiger partial charge in [0.1, 0.15) is 0 Å². The number of methoxy groups -OCH3 is 2. The minimum Gasteiger partial charge on any atom is -0.493 e. The molecule has 0 saturated carbocycles. The van der Waals surface area contributed by atoms with E-state index >= 15 is 0 Å². The molecule has 0 heterocycles. The first-order chi connectivity index (χ1) is 9.42. The maximum atomic E-state index is 6.50. The number of benzene rings is 1. The zero-order valence-corrected chi connectivity index (χ0v) is 13.6. The molecule has 0 aliphatic carbocycles. The van der Waals surface area contributed by atoms with Crippen molar-refractivity contribution in [3.8, 4) is 11.5 Å². The number of nitrogens with zero attached hydrogens (tertiary/aromatic N) is 1. The van der Waals surface area contributed by atoms with Gasteiger partial charge in [-0.3, -0.25) is 4.90 Å². The van der Waals surface area contributed by atoms with Gasteiger partial charge in [0.05, 0.1) is 14.2 Å². The number of hydrogen-bond acceptors (Lipinski definition) is 4. The molecule has 0 saturated heterocycles. The van der Waals surface area contributed by atoms with Crippen molar-refractivity contribution < 1.29 is 9.47 Å². The van der Waals surface area contributed by atoms with Crippen LogP contribution in [0.4, 0.5) is 0 Å². The molecular weight excluding hydrogens is 252 g/mol. The summed E-state index contributed by atoms with van der Waals surface area (Å²) in [5.74, 6) is 1.44. The van der Waals surface area contributed by atoms with Gasteiger partial charge in [-0.15, -0.1) is 0 Å². The van der Waals surface area contributed by atoms with E-state index in [-0.39, 0.29) is 11.6 Å². The van der Waals surface area contributed by atoms with Gasteiger partial charge in [-0.25, -0.2) is 0 Å². The lowest BCUT2D eigenvalue weighted by atomic mass is 9.87. The van der Waals surface area contributed by atoms with Gasteiger partial charge in [0.2, 0.25) is 0 Å². The standard InChI is InChI=1S/C16H28N2O2/c1-7-18(8-2)16(3,4)15(17)12-9-10-13(19-5)14(11-12)20-6/h9-11,15H,7-8,17H2,1-6H3. The van der Waals surface area contributed by atoms with Crippen molar-refractivity contribution in [1.29, 1.82) is 0 Å². The lowest BCUT2D eigenvalue weighted by Crippen LogP contribution is -2.51. The van der Waals surface area contributed by atoms with Gasteiger partial charge >= 0.3 is 0 Å². The fraction of sp³-hybridized carbons (Fsp3) is 0.625. The number of hydrogen-bond donors (Lipinski definition) is 1. The minimum atomic E-state index is -0.122. The highest BCUT2D eigenvalue weighted by Gasteiger charge is 2.32. The minimum absolute atomic E-state index is 0.0952. The smallest absolute Gasteiger partial charge is 0.161 e. The lowest BCUT2D eigenvalue weighted by molar-refractivity contribution is 0.107. The molecule has 0 aromatic heterocycles. The second-order valence-electron chi connectivity index (χ2n) is 5.42. The van der Waals surface area contributed by atoms with Crippen LogP contribution in [0.2, 0.25) is 0 Å². The quantitative estimate of drug-likeness (QED) is 0.834. The lowest BCUT2D eigenvalue weighted by Gasteiger charge is -2.42. The molecule has 1 aromatic carbocycles. The maximum Gasteiger partial charge on any atom is 0.161 e. The van der Waals surface area contributed by atoms with E-state index in [1.54, 1.807) is 14.2 Å². The SMILES string of the molecule is CCN(CC)C(C)(C)C(N)c1ccc(OC)c(OC)c1. The third-order valence-corrected chi connectivity index (χ3v) is 4.11. The van der Waals surface area contributed by atoms with Crippen molar-refractivity contribution in [2.45, 2.75) is 39.3 Å². The van der Waals surface area contributed by atoms with Gasteiger partial charge in [0.15, 0.2) is 11.5 Å². The van der Waals surface area contributed by atoms with Crippen LogP contribution in [0.5, 0.6) is 11.5 Å². The average Bonchev–Trinajstić information content (AvgIpc) is 2.46. The van der Waals surface area contributed by atoms with Crippen LogP contribution in [0.3, 0.4) is 0 Å². The first-order valence-corrected chi connectivity index (χ1v) is 7.14. The first-order valence-electron chi connectivity index (χ1n) is 7.14. The third-order valence-electron chi connectivity index (χ3n) is 4.11. The average molecular weight is 280 g/mol. The zero-order valence-electron chi connectivity index (χ0n) is 13.6. The van der Waals surface area contributed by atoms with Crippen molar-refractivity contribution in [3.63, 3.8) is 0 Å². The molecule has 0 spiro atoms. The summed E-state index contributed by atoms with van der Waals surface area (Å²) in [5.41, 5.74) is 7.44. The zero-order chi connectivity index (χ0) is 15.3. The summed E-state index contributed by atoms with van der Waals surface area (Å²) in [4.78, 5) is 2.37. The summed E-state index contributed by atoms with van der Waals surface area (Å²) >= 11 is 0. The molecule has 20 heavy (non-hydrogen) atoms. The van der Waals surface area contributed by atoms with Gasteiger partial charge < -0.3 is 15.2 Å². The van der Waals surface area contributed by atoms with Gasteiger partial charge in [0, 0.05) is 11.6 Å². The molecule has 2 N–H and O–H groups in total. The van der Waals surface area contributed by atoms with Crippen LogP contribution in [0, 0.1) is 0 Å². The Morgan fingerprint density at radius 2 is 1.65 bits per heavy atom. The fourth-order valence-electron chi connectivity index (χ4n) is 2.69. The molecule has 0 fully saturated rings. The second kappa shape index (κ2) is 6.95. The van der Waals surface area contributed by atoms with Crippen LogP contribution in [0.25, 0.3) is 0 Å². The molecule has 1 atom stereocenters. The molecule has 1 rings (SSSR count). The van der Waals surface area contributed by atoms with E-state index in [2.05, 4.69) is 32.6 Å². The molecule has 4 heteroatoms. The molecule has 1 aromatic rings. The molecule has 4 nitrogen and oxygen atoms in total. The second-order valence-corrected chi connectivity index (χ2v) is 5.42. The van der Waals surface area contributed by atoms with Crippen LogP contribution in [0.1, 0.15) is 39.3 Å². The Kier molecular flexibility index (Phi) is 5.84. The third kappa shape index (κ3) is 3.25. The van der Waals surface area contributed by atoms with E-state index < -0.39 is 0 Å². The van der Waals surface area contributed by atoms with Crippen molar-refractivity contribution >= 4 is 0 Å². The Labute approximate surface area is 122 Å². The summed E-state index contributed by atoms with van der Waals surface area (Å²) in [5, 5.41) is 0. The van der Waals surface area contributed by atoms with E-state index in [9.17, 15) is 0 Å². The van der Waals surface area contributed by atoms with Crippen molar-refractivity contribution in [3.05, 3.63) is 23.8 Å². The Morgan fingerprint density at radius 3 is 2.10 bits per heavy atom. The number of nitrogens with two attached hydrogens (primary N) is 1. The van der Waals surface area contributed by atoms with Crippen molar-refractivity contribution in [2.75, 3.05) is 27.3 Å². The monoisotopic (exact) mass is 280 g/mol. The highest BCUT2D eigenvalue weighted by atomic mass is 16.5. The summed E-state index contributed by atoms with van der Waals surface area (Å²) < 4.78 is 10.6. The van der Waals surface area contributed by atoms with E-state index in [4.69, 9.17) is 15.2 Å². The molecule has 1 unspecified atom stereocenters. The predicted octanol–water partition coefficient (Wildman–Crippen LogP) is 2.82. The molecule has 0 bridgehead atoms. The number of rotatable bonds is 7. The fourth-order valence-corrected chi connectivity index (χ4v) is 2.69. The Hall–Kier alpha value is -1.26. The van der Waals surface area contributed by atoms with Crippen LogP contribution in [0.15, 0.2) is 18.2 Å². The topological polar surface area (TPSA) is 47.7 Å². The maximum absolute atomic E-state index is 6.50. The Bertz CT molecular complexity index is 428.